The Morgan fingerprint density at radius 2 is 1.30 bits per heavy atom. The van der Waals surface area contributed by atoms with Crippen LogP contribution in [0.15, 0.2) is 109 Å². The maximum absolute atomic E-state index is 14.3. The molecule has 1 aliphatic heterocycles. The van der Waals surface area contributed by atoms with Gasteiger partial charge in [0.15, 0.2) is 0 Å². The van der Waals surface area contributed by atoms with E-state index in [1.54, 1.807) is 26.0 Å². The Hall–Kier alpha value is -5.19. The number of nitriles is 1. The van der Waals surface area contributed by atoms with Crippen LogP contribution in [0.4, 0.5) is 0 Å². The van der Waals surface area contributed by atoms with Crippen molar-refractivity contribution in [2.24, 2.45) is 0 Å². The predicted octanol–water partition coefficient (Wildman–Crippen LogP) is 6.04. The van der Waals surface area contributed by atoms with Crippen LogP contribution in [0.3, 0.4) is 0 Å². The van der Waals surface area contributed by atoms with Crippen molar-refractivity contribution in [1.82, 2.24) is 10.3 Å². The van der Waals surface area contributed by atoms with Gasteiger partial charge in [-0.2, -0.15) is 5.26 Å². The quantitative estimate of drug-likeness (QED) is 0.183. The molecule has 7 heteroatoms. The van der Waals surface area contributed by atoms with E-state index in [1.165, 1.54) is 0 Å². The third-order valence-corrected chi connectivity index (χ3v) is 8.26. The van der Waals surface area contributed by atoms with Crippen LogP contribution >= 0.6 is 0 Å². The van der Waals surface area contributed by atoms with Gasteiger partial charge in [-0.15, -0.1) is 0 Å². The summed E-state index contributed by atoms with van der Waals surface area (Å²) in [6, 6.07) is 36.4. The summed E-state index contributed by atoms with van der Waals surface area (Å²) < 4.78 is 11.3. The van der Waals surface area contributed by atoms with Crippen LogP contribution < -0.4 is 5.32 Å². The van der Waals surface area contributed by atoms with Gasteiger partial charge in [0.05, 0.1) is 36.3 Å². The van der Waals surface area contributed by atoms with Crippen molar-refractivity contribution in [3.8, 4) is 6.07 Å². The summed E-state index contributed by atoms with van der Waals surface area (Å²) in [5, 5.41) is 13.8. The summed E-state index contributed by atoms with van der Waals surface area (Å²) in [4.78, 5) is 32.2. The number of benzene rings is 4. The Bertz CT molecular complexity index is 1760. The average Bonchev–Trinajstić information content (AvgIpc) is 3.45. The second-order valence-corrected chi connectivity index (χ2v) is 10.5. The third-order valence-electron chi connectivity index (χ3n) is 8.26. The zero-order valence-corrected chi connectivity index (χ0v) is 24.0. The lowest BCUT2D eigenvalue weighted by Gasteiger charge is -2.51. The first-order valence-corrected chi connectivity index (χ1v) is 14.4. The molecule has 0 aliphatic carbocycles. The maximum atomic E-state index is 14.3. The normalized spacial score (nSPS) is 16.5. The van der Waals surface area contributed by atoms with Crippen LogP contribution in [-0.2, 0) is 30.0 Å². The summed E-state index contributed by atoms with van der Waals surface area (Å²) in [6.07, 6.45) is 0. The smallest absolute Gasteiger partial charge is 0.342 e. The summed E-state index contributed by atoms with van der Waals surface area (Å²) in [5.41, 5.74) is 2.11. The number of carbonyl (C=O) groups excluding carboxylic acids is 2. The minimum Gasteiger partial charge on any atom is -0.464 e. The molecule has 7 nitrogen and oxygen atoms in total. The van der Waals surface area contributed by atoms with Crippen molar-refractivity contribution in [3.05, 3.63) is 143 Å². The minimum atomic E-state index is -1.99. The minimum absolute atomic E-state index is 0.0728. The number of aromatic nitrogens is 1. The zero-order chi connectivity index (χ0) is 30.0. The van der Waals surface area contributed by atoms with Crippen molar-refractivity contribution < 1.29 is 19.1 Å². The second kappa shape index (κ2) is 11.2. The predicted molar refractivity (Wildman–Crippen MR) is 163 cm³/mol. The van der Waals surface area contributed by atoms with E-state index in [2.05, 4.69) is 40.6 Å². The number of nitrogens with zero attached hydrogens (tertiary/aromatic N) is 1. The summed E-state index contributed by atoms with van der Waals surface area (Å²) in [7, 11) is 0. The van der Waals surface area contributed by atoms with Crippen LogP contribution in [-0.4, -0.2) is 30.1 Å². The molecule has 43 heavy (non-hydrogen) atoms. The maximum Gasteiger partial charge on any atom is 0.342 e. The molecule has 1 aliphatic rings. The molecule has 214 valence electrons. The molecule has 0 fully saturated rings. The van der Waals surface area contributed by atoms with Crippen LogP contribution in [0.25, 0.3) is 10.9 Å². The number of H-pyrrole nitrogens is 1. The van der Waals surface area contributed by atoms with E-state index >= 15 is 0 Å². The molecule has 1 atom stereocenters. The number of ether oxygens (including phenoxy) is 2. The highest BCUT2D eigenvalue weighted by Gasteiger charge is 2.64. The molecular formula is C36H31N3O4. The molecular weight excluding hydrogens is 538 g/mol. The van der Waals surface area contributed by atoms with Gasteiger partial charge in [0, 0.05) is 22.2 Å². The van der Waals surface area contributed by atoms with E-state index in [4.69, 9.17) is 9.47 Å². The van der Waals surface area contributed by atoms with Gasteiger partial charge in [0.1, 0.15) is 0 Å². The van der Waals surface area contributed by atoms with Gasteiger partial charge in [0.25, 0.3) is 0 Å². The third kappa shape index (κ3) is 4.22. The highest BCUT2D eigenvalue weighted by molar-refractivity contribution is 6.10. The van der Waals surface area contributed by atoms with Crippen molar-refractivity contribution in [2.45, 2.75) is 30.8 Å². The Morgan fingerprint density at radius 1 is 0.767 bits per heavy atom. The van der Waals surface area contributed by atoms with Crippen molar-refractivity contribution in [2.75, 3.05) is 13.2 Å². The number of aromatic amines is 1. The van der Waals surface area contributed by atoms with Gasteiger partial charge in [-0.1, -0.05) is 91.0 Å². The van der Waals surface area contributed by atoms with E-state index in [1.807, 2.05) is 72.8 Å². The Morgan fingerprint density at radius 3 is 1.84 bits per heavy atom. The van der Waals surface area contributed by atoms with E-state index in [9.17, 15) is 14.9 Å². The van der Waals surface area contributed by atoms with Crippen molar-refractivity contribution >= 4 is 22.8 Å². The van der Waals surface area contributed by atoms with Gasteiger partial charge in [0.2, 0.25) is 5.54 Å². The lowest BCUT2D eigenvalue weighted by molar-refractivity contribution is -0.168. The molecule has 6 rings (SSSR count). The summed E-state index contributed by atoms with van der Waals surface area (Å²) >= 11 is 0. The lowest BCUT2D eigenvalue weighted by Crippen LogP contribution is -2.65. The number of para-hydroxylation sites is 1. The number of nitrogens with one attached hydrogen (secondary N) is 2. The van der Waals surface area contributed by atoms with E-state index < -0.39 is 28.9 Å². The number of carbonyl (C=O) groups is 2. The van der Waals surface area contributed by atoms with Gasteiger partial charge < -0.3 is 14.5 Å². The average molecular weight is 570 g/mol. The number of hydrogen-bond acceptors (Lipinski definition) is 6. The largest absolute Gasteiger partial charge is 0.464 e. The highest BCUT2D eigenvalue weighted by Crippen LogP contribution is 2.56. The van der Waals surface area contributed by atoms with E-state index in [-0.39, 0.29) is 13.2 Å². The van der Waals surface area contributed by atoms with Crippen LogP contribution in [0.5, 0.6) is 0 Å². The molecule has 2 N–H and O–H groups in total. The van der Waals surface area contributed by atoms with Gasteiger partial charge in [-0.25, -0.2) is 9.59 Å². The molecule has 0 saturated carbocycles. The molecule has 0 spiro atoms. The fraction of sp³-hybridized carbons (Fsp3) is 0.194. The van der Waals surface area contributed by atoms with Crippen molar-refractivity contribution in [3.63, 3.8) is 0 Å². The Kier molecular flexibility index (Phi) is 7.31. The van der Waals surface area contributed by atoms with Gasteiger partial charge >= 0.3 is 11.9 Å². The topological polar surface area (TPSA) is 104 Å². The first-order valence-electron chi connectivity index (χ1n) is 14.4. The molecule has 0 bridgehead atoms. The Balaban J connectivity index is 1.83. The number of rotatable bonds is 7. The first-order chi connectivity index (χ1) is 21.0. The lowest BCUT2D eigenvalue weighted by atomic mass is 9.59. The monoisotopic (exact) mass is 569 g/mol. The van der Waals surface area contributed by atoms with Crippen LogP contribution in [0.2, 0.25) is 0 Å². The molecule has 2 heterocycles. The van der Waals surface area contributed by atoms with Gasteiger partial charge in [-0.3, -0.25) is 5.32 Å². The fourth-order valence-corrected chi connectivity index (χ4v) is 6.53. The summed E-state index contributed by atoms with van der Waals surface area (Å²) in [6.45, 7) is 3.57. The van der Waals surface area contributed by atoms with E-state index in [0.717, 1.165) is 22.2 Å². The standard InChI is InChI=1S/C36H31N3O4/c1-3-42-33(40)36(34(41)43-4-2)30-28-17-11-12-18-29(28)38-32(30)35(26-13-7-5-8-14-26,27-15-9-6-10-16-27)31(39-36)25-21-19-24(23-37)20-22-25/h5-22,31,38-39H,3-4H2,1-2H3/t31-/m0/s1. The molecule has 0 radical (unpaired) electrons. The molecule has 0 unspecified atom stereocenters. The first kappa shape index (κ1) is 28.0. The zero-order valence-electron chi connectivity index (χ0n) is 24.0. The molecule has 0 amide bonds. The number of hydrogen-bond donors (Lipinski definition) is 2. The molecule has 0 saturated heterocycles. The SMILES string of the molecule is CCOC(=O)C1(C(=O)OCC)N[C@@H](c2ccc(C#N)cc2)C(c2ccccc2)(c2ccccc2)c2[nH]c3ccccc3c21. The molecule has 4 aromatic carbocycles. The number of fused-ring (bicyclic) bond motifs is 3. The fourth-order valence-electron chi connectivity index (χ4n) is 6.53. The van der Waals surface area contributed by atoms with Gasteiger partial charge in [-0.05, 0) is 48.7 Å². The van der Waals surface area contributed by atoms with E-state index in [0.29, 0.717) is 22.2 Å². The molecule has 5 aromatic rings. The summed E-state index contributed by atoms with van der Waals surface area (Å²) in [5.74, 6) is -1.49. The number of esters is 2. The Labute approximate surface area is 250 Å². The second-order valence-electron chi connectivity index (χ2n) is 10.5. The highest BCUT2D eigenvalue weighted by atomic mass is 16.6. The van der Waals surface area contributed by atoms with Crippen LogP contribution in [0.1, 0.15) is 53.4 Å². The molecule has 1 aromatic heterocycles. The van der Waals surface area contributed by atoms with Crippen molar-refractivity contribution in [1.29, 1.82) is 5.26 Å². The van der Waals surface area contributed by atoms with Crippen LogP contribution in [0, 0.1) is 11.3 Å².